The third kappa shape index (κ3) is 2.34. The zero-order valence-corrected chi connectivity index (χ0v) is 12.8. The lowest BCUT2D eigenvalue weighted by Gasteiger charge is -2.44. The van der Waals surface area contributed by atoms with Crippen LogP contribution in [0.15, 0.2) is 27.6 Å². The van der Waals surface area contributed by atoms with Crippen LogP contribution in [0.25, 0.3) is 0 Å². The van der Waals surface area contributed by atoms with Gasteiger partial charge in [0.25, 0.3) is 0 Å². The maximum Gasteiger partial charge on any atom is 0.244 e. The van der Waals surface area contributed by atoms with Crippen molar-refractivity contribution in [2.75, 3.05) is 13.1 Å². The molecule has 0 aliphatic carbocycles. The minimum atomic E-state index is -3.50. The van der Waals surface area contributed by atoms with Crippen molar-refractivity contribution in [2.45, 2.75) is 30.8 Å². The molecule has 0 unspecified atom stereocenters. The Labute approximate surface area is 116 Å². The SMILES string of the molecule is CCC1(O)CN(S(=O)(=O)c2ccc(C)cc2Br)C1. The molecular formula is C12H16BrNO3S. The molecule has 0 aromatic heterocycles. The van der Waals surface area contributed by atoms with Crippen LogP contribution in [0, 0.1) is 6.92 Å². The Kier molecular flexibility index (Phi) is 3.57. The average molecular weight is 334 g/mol. The van der Waals surface area contributed by atoms with E-state index in [0.29, 0.717) is 10.9 Å². The lowest BCUT2D eigenvalue weighted by atomic mass is 9.94. The van der Waals surface area contributed by atoms with E-state index >= 15 is 0 Å². The fraction of sp³-hybridized carbons (Fsp3) is 0.500. The summed E-state index contributed by atoms with van der Waals surface area (Å²) < 4.78 is 26.5. The molecule has 0 atom stereocenters. The Morgan fingerprint density at radius 3 is 2.56 bits per heavy atom. The van der Waals surface area contributed by atoms with Crippen LogP contribution in [0.1, 0.15) is 18.9 Å². The van der Waals surface area contributed by atoms with E-state index in [0.717, 1.165) is 5.56 Å². The molecule has 0 spiro atoms. The lowest BCUT2D eigenvalue weighted by Crippen LogP contribution is -2.62. The van der Waals surface area contributed by atoms with Gasteiger partial charge in [0, 0.05) is 17.6 Å². The molecule has 1 aliphatic rings. The molecule has 1 fully saturated rings. The summed E-state index contributed by atoms with van der Waals surface area (Å²) >= 11 is 3.28. The highest BCUT2D eigenvalue weighted by Gasteiger charge is 2.46. The number of sulfonamides is 1. The number of hydrogen-bond donors (Lipinski definition) is 1. The van der Waals surface area contributed by atoms with Crippen LogP contribution in [0.3, 0.4) is 0 Å². The summed E-state index contributed by atoms with van der Waals surface area (Å²) in [4.78, 5) is 0.256. The standard InChI is InChI=1S/C12H16BrNO3S/c1-3-12(15)7-14(8-12)18(16,17)11-5-4-9(2)6-10(11)13/h4-6,15H,3,7-8H2,1-2H3. The van der Waals surface area contributed by atoms with Crippen molar-refractivity contribution < 1.29 is 13.5 Å². The van der Waals surface area contributed by atoms with E-state index in [9.17, 15) is 13.5 Å². The molecule has 1 saturated heterocycles. The van der Waals surface area contributed by atoms with Gasteiger partial charge in [-0.1, -0.05) is 13.0 Å². The van der Waals surface area contributed by atoms with Crippen molar-refractivity contribution in [1.82, 2.24) is 4.31 Å². The van der Waals surface area contributed by atoms with E-state index < -0.39 is 15.6 Å². The van der Waals surface area contributed by atoms with Crippen LogP contribution in [0.2, 0.25) is 0 Å². The maximum atomic E-state index is 12.3. The van der Waals surface area contributed by atoms with Crippen LogP contribution in [0.4, 0.5) is 0 Å². The first-order valence-electron chi connectivity index (χ1n) is 5.77. The fourth-order valence-corrected chi connectivity index (χ4v) is 4.71. The predicted molar refractivity (Wildman–Crippen MR) is 72.9 cm³/mol. The van der Waals surface area contributed by atoms with Crippen molar-refractivity contribution in [3.05, 3.63) is 28.2 Å². The van der Waals surface area contributed by atoms with Crippen molar-refractivity contribution in [2.24, 2.45) is 0 Å². The molecule has 2 rings (SSSR count). The largest absolute Gasteiger partial charge is 0.387 e. The Morgan fingerprint density at radius 1 is 1.44 bits per heavy atom. The summed E-state index contributed by atoms with van der Waals surface area (Å²) in [5.74, 6) is 0. The van der Waals surface area contributed by atoms with Crippen molar-refractivity contribution in [1.29, 1.82) is 0 Å². The summed E-state index contributed by atoms with van der Waals surface area (Å²) in [5.41, 5.74) is 0.138. The molecule has 1 aromatic carbocycles. The van der Waals surface area contributed by atoms with Gasteiger partial charge in [-0.05, 0) is 47.0 Å². The molecule has 1 aliphatic heterocycles. The molecule has 1 aromatic rings. The van der Waals surface area contributed by atoms with E-state index in [1.807, 2.05) is 13.8 Å². The smallest absolute Gasteiger partial charge is 0.244 e. The van der Waals surface area contributed by atoms with E-state index in [4.69, 9.17) is 0 Å². The van der Waals surface area contributed by atoms with Gasteiger partial charge in [0.2, 0.25) is 10.0 Å². The Bertz CT molecular complexity index is 565. The monoisotopic (exact) mass is 333 g/mol. The van der Waals surface area contributed by atoms with Crippen LogP contribution >= 0.6 is 15.9 Å². The lowest BCUT2D eigenvalue weighted by molar-refractivity contribution is -0.0613. The minimum absolute atomic E-state index is 0.173. The number of aryl methyl sites for hydroxylation is 1. The molecular weight excluding hydrogens is 318 g/mol. The molecule has 0 saturated carbocycles. The second-order valence-electron chi connectivity index (χ2n) is 4.78. The zero-order valence-electron chi connectivity index (χ0n) is 10.4. The zero-order chi connectivity index (χ0) is 13.6. The average Bonchev–Trinajstić information content (AvgIpc) is 2.24. The molecule has 0 amide bonds. The molecule has 100 valence electrons. The van der Waals surface area contributed by atoms with Gasteiger partial charge in [0.15, 0.2) is 0 Å². The van der Waals surface area contributed by atoms with Crippen LogP contribution < -0.4 is 0 Å². The Hall–Kier alpha value is -0.430. The van der Waals surface area contributed by atoms with Crippen molar-refractivity contribution in [3.63, 3.8) is 0 Å². The van der Waals surface area contributed by atoms with Crippen LogP contribution in [-0.2, 0) is 10.0 Å². The topological polar surface area (TPSA) is 57.6 Å². The molecule has 6 heteroatoms. The van der Waals surface area contributed by atoms with E-state index in [-0.39, 0.29) is 18.0 Å². The van der Waals surface area contributed by atoms with Gasteiger partial charge in [-0.25, -0.2) is 8.42 Å². The highest BCUT2D eigenvalue weighted by molar-refractivity contribution is 9.10. The van der Waals surface area contributed by atoms with Crippen molar-refractivity contribution >= 4 is 26.0 Å². The number of β-amino-alcohol motifs (C(OH)–C–C–N with tert-alkyl or cyclic N) is 1. The molecule has 0 radical (unpaired) electrons. The second-order valence-corrected chi connectivity index (χ2v) is 7.55. The molecule has 1 heterocycles. The number of rotatable bonds is 3. The first-order chi connectivity index (χ1) is 8.28. The fourth-order valence-electron chi connectivity index (χ4n) is 1.96. The summed E-state index contributed by atoms with van der Waals surface area (Å²) in [7, 11) is -3.50. The Balaban J connectivity index is 2.28. The van der Waals surface area contributed by atoms with Crippen LogP contribution in [-0.4, -0.2) is 36.5 Å². The second kappa shape index (κ2) is 4.59. The highest BCUT2D eigenvalue weighted by Crippen LogP contribution is 2.33. The van der Waals surface area contributed by atoms with Crippen molar-refractivity contribution in [3.8, 4) is 0 Å². The van der Waals surface area contributed by atoms with Gasteiger partial charge in [0.05, 0.1) is 10.5 Å². The summed E-state index contributed by atoms with van der Waals surface area (Å²) in [6.07, 6.45) is 0.564. The third-order valence-corrected chi connectivity index (χ3v) is 6.07. The highest BCUT2D eigenvalue weighted by atomic mass is 79.9. The summed E-state index contributed by atoms with van der Waals surface area (Å²) in [5, 5.41) is 9.89. The van der Waals surface area contributed by atoms with Gasteiger partial charge in [-0.2, -0.15) is 4.31 Å². The number of halogens is 1. The Morgan fingerprint density at radius 2 is 2.06 bits per heavy atom. The number of aliphatic hydroxyl groups is 1. The van der Waals surface area contributed by atoms with Gasteiger partial charge >= 0.3 is 0 Å². The van der Waals surface area contributed by atoms with E-state index in [2.05, 4.69) is 15.9 Å². The van der Waals surface area contributed by atoms with Gasteiger partial charge in [0.1, 0.15) is 0 Å². The molecule has 18 heavy (non-hydrogen) atoms. The maximum absolute atomic E-state index is 12.3. The van der Waals surface area contributed by atoms with Gasteiger partial charge in [-0.3, -0.25) is 0 Å². The first-order valence-corrected chi connectivity index (χ1v) is 8.00. The number of hydrogen-bond acceptors (Lipinski definition) is 3. The van der Waals surface area contributed by atoms with E-state index in [1.165, 1.54) is 4.31 Å². The minimum Gasteiger partial charge on any atom is -0.387 e. The quantitative estimate of drug-likeness (QED) is 0.919. The molecule has 0 bridgehead atoms. The number of benzene rings is 1. The molecule has 1 N–H and O–H groups in total. The summed E-state index contributed by atoms with van der Waals surface area (Å²) in [6, 6.07) is 5.14. The summed E-state index contributed by atoms with van der Waals surface area (Å²) in [6.45, 7) is 4.10. The molecule has 4 nitrogen and oxygen atoms in total. The van der Waals surface area contributed by atoms with E-state index in [1.54, 1.807) is 18.2 Å². The third-order valence-electron chi connectivity index (χ3n) is 3.30. The first kappa shape index (κ1) is 14.0. The van der Waals surface area contributed by atoms with Crippen LogP contribution in [0.5, 0.6) is 0 Å². The predicted octanol–water partition coefficient (Wildman–Crippen LogP) is 1.90. The normalized spacial score (nSPS) is 19.6. The van der Waals surface area contributed by atoms with Gasteiger partial charge < -0.3 is 5.11 Å². The number of nitrogens with zero attached hydrogens (tertiary/aromatic N) is 1. The van der Waals surface area contributed by atoms with Gasteiger partial charge in [-0.15, -0.1) is 0 Å².